The molecule has 0 spiro atoms. The van der Waals surface area contributed by atoms with Crippen LogP contribution in [-0.2, 0) is 11.2 Å². The van der Waals surface area contributed by atoms with E-state index in [0.717, 1.165) is 24.0 Å². The van der Waals surface area contributed by atoms with Crippen LogP contribution in [0.25, 0.3) is 0 Å². The van der Waals surface area contributed by atoms with Crippen molar-refractivity contribution in [3.05, 3.63) is 83.4 Å². The van der Waals surface area contributed by atoms with E-state index in [9.17, 15) is 17.6 Å². The van der Waals surface area contributed by atoms with Gasteiger partial charge in [0.15, 0.2) is 11.5 Å². The molecule has 2 aliphatic rings. The third-order valence-corrected chi connectivity index (χ3v) is 6.95. The Morgan fingerprint density at radius 3 is 2.33 bits per heavy atom. The largest absolute Gasteiger partial charge is 0.431 e. The number of aromatic nitrogens is 2. The molecule has 190 valence electrons. The minimum atomic E-state index is -3.19. The Morgan fingerprint density at radius 1 is 0.889 bits per heavy atom. The second-order valence-electron chi connectivity index (χ2n) is 9.14. The van der Waals surface area contributed by atoms with Gasteiger partial charge in [-0.25, -0.2) is 0 Å². The molecule has 2 aromatic heterocycles. The molecule has 0 amide bonds. The molecule has 1 aromatic carbocycles. The highest BCUT2D eigenvalue weighted by Gasteiger charge is 2.44. The summed E-state index contributed by atoms with van der Waals surface area (Å²) < 4.78 is 66.6. The number of benzene rings is 1. The van der Waals surface area contributed by atoms with Crippen molar-refractivity contribution < 1.29 is 31.8 Å². The van der Waals surface area contributed by atoms with Gasteiger partial charge in [0.2, 0.25) is 0 Å². The highest BCUT2D eigenvalue weighted by molar-refractivity contribution is 5.46. The Morgan fingerprint density at radius 2 is 1.64 bits per heavy atom. The topological polar surface area (TPSA) is 53.5 Å². The van der Waals surface area contributed by atoms with Gasteiger partial charge in [0.25, 0.3) is 0 Å². The van der Waals surface area contributed by atoms with Crippen LogP contribution in [0.3, 0.4) is 0 Å². The predicted octanol–water partition coefficient (Wildman–Crippen LogP) is 6.68. The quantitative estimate of drug-likeness (QED) is 0.306. The van der Waals surface area contributed by atoms with E-state index in [0.29, 0.717) is 29.7 Å². The fourth-order valence-corrected chi connectivity index (χ4v) is 5.23. The summed E-state index contributed by atoms with van der Waals surface area (Å²) in [6, 6.07) is 11.7. The molecule has 1 aliphatic carbocycles. The van der Waals surface area contributed by atoms with Crippen molar-refractivity contribution in [3.63, 3.8) is 0 Å². The number of hydrogen-bond donors (Lipinski definition) is 0. The first-order valence-corrected chi connectivity index (χ1v) is 12.0. The van der Waals surface area contributed by atoms with Crippen LogP contribution in [0.4, 0.5) is 17.6 Å². The summed E-state index contributed by atoms with van der Waals surface area (Å²) >= 11 is 0. The molecule has 4 unspecified atom stereocenters. The summed E-state index contributed by atoms with van der Waals surface area (Å²) in [7, 11) is 0. The normalized spacial score (nSPS) is 22.1. The van der Waals surface area contributed by atoms with Crippen molar-refractivity contribution in [1.82, 2.24) is 9.97 Å². The fraction of sp³-hybridized carbons (Fsp3) is 0.407. The monoisotopic (exact) mass is 502 g/mol. The van der Waals surface area contributed by atoms with Crippen LogP contribution in [0.2, 0.25) is 0 Å². The van der Waals surface area contributed by atoms with Gasteiger partial charge in [-0.2, -0.15) is 17.6 Å². The molecule has 4 atom stereocenters. The summed E-state index contributed by atoms with van der Waals surface area (Å²) in [4.78, 5) is 8.76. The van der Waals surface area contributed by atoms with E-state index in [2.05, 4.69) is 14.5 Å². The lowest BCUT2D eigenvalue weighted by Gasteiger charge is -2.48. The molecule has 0 radical (unpaired) electrons. The third kappa shape index (κ3) is 5.46. The Labute approximate surface area is 206 Å². The number of nitrogens with zero attached hydrogens (tertiary/aromatic N) is 2. The van der Waals surface area contributed by atoms with Crippen molar-refractivity contribution in [3.8, 4) is 11.5 Å². The van der Waals surface area contributed by atoms with Crippen molar-refractivity contribution in [2.45, 2.75) is 63.5 Å². The first-order valence-electron chi connectivity index (χ1n) is 12.0. The van der Waals surface area contributed by atoms with Gasteiger partial charge in [-0.3, -0.25) is 9.97 Å². The third-order valence-electron chi connectivity index (χ3n) is 6.95. The van der Waals surface area contributed by atoms with Crippen LogP contribution in [0.5, 0.6) is 11.5 Å². The van der Waals surface area contributed by atoms with E-state index in [1.807, 2.05) is 30.5 Å². The molecule has 0 bridgehead atoms. The highest BCUT2D eigenvalue weighted by atomic mass is 19.3. The second kappa shape index (κ2) is 10.8. The van der Waals surface area contributed by atoms with E-state index in [1.165, 1.54) is 25.0 Å². The lowest BCUT2D eigenvalue weighted by molar-refractivity contribution is -0.203. The maximum atomic E-state index is 13.0. The molecule has 3 heterocycles. The molecule has 2 fully saturated rings. The zero-order chi connectivity index (χ0) is 25.1. The molecule has 9 heteroatoms. The van der Waals surface area contributed by atoms with Crippen LogP contribution < -0.4 is 9.47 Å². The maximum Gasteiger partial charge on any atom is 0.387 e. The summed E-state index contributed by atoms with van der Waals surface area (Å²) in [6.07, 6.45) is 10.7. The number of fused-ring (bicyclic) bond motifs is 1. The maximum absolute atomic E-state index is 13.0. The van der Waals surface area contributed by atoms with Crippen LogP contribution in [0.1, 0.15) is 60.1 Å². The van der Waals surface area contributed by atoms with Gasteiger partial charge in [-0.1, -0.05) is 25.0 Å². The van der Waals surface area contributed by atoms with Gasteiger partial charge >= 0.3 is 13.2 Å². The van der Waals surface area contributed by atoms with Gasteiger partial charge in [-0.15, -0.1) is 0 Å². The zero-order valence-electron chi connectivity index (χ0n) is 19.4. The number of halogens is 4. The zero-order valence-corrected chi connectivity index (χ0v) is 19.4. The molecular formula is C27H26F4N2O3. The molecule has 1 saturated heterocycles. The van der Waals surface area contributed by atoms with Crippen LogP contribution in [0, 0.1) is 5.92 Å². The van der Waals surface area contributed by atoms with Crippen LogP contribution in [0.15, 0.2) is 61.1 Å². The summed E-state index contributed by atoms with van der Waals surface area (Å²) in [5.41, 5.74) is 3.27. The first kappa shape index (κ1) is 24.5. The van der Waals surface area contributed by atoms with Crippen molar-refractivity contribution in [2.24, 2.45) is 5.92 Å². The van der Waals surface area contributed by atoms with E-state index in [4.69, 9.17) is 9.72 Å². The van der Waals surface area contributed by atoms with Gasteiger partial charge in [0.05, 0.1) is 12.2 Å². The highest BCUT2D eigenvalue weighted by Crippen LogP contribution is 2.48. The predicted molar refractivity (Wildman–Crippen MR) is 123 cm³/mol. The Balaban J connectivity index is 1.45. The molecule has 5 rings (SSSR count). The average Bonchev–Trinajstić information content (AvgIpc) is 2.85. The summed E-state index contributed by atoms with van der Waals surface area (Å²) in [6.45, 7) is -6.36. The van der Waals surface area contributed by atoms with E-state index < -0.39 is 24.7 Å². The minimum absolute atomic E-state index is 0.0484. The number of rotatable bonds is 9. The molecule has 1 aliphatic heterocycles. The lowest BCUT2D eigenvalue weighted by Crippen LogP contribution is -2.44. The molecule has 3 aromatic rings. The van der Waals surface area contributed by atoms with E-state index >= 15 is 0 Å². The average molecular weight is 503 g/mol. The SMILES string of the molecule is FC(F)Oc1ccc(C(Cc2ccncc2)c2ccc(C3OC4CCCCC43)cn2)cc1OC(F)F. The Kier molecular flexibility index (Phi) is 7.36. The van der Waals surface area contributed by atoms with Gasteiger partial charge in [0, 0.05) is 36.1 Å². The van der Waals surface area contributed by atoms with E-state index in [1.54, 1.807) is 18.5 Å². The number of alkyl halides is 4. The Hall–Kier alpha value is -3.20. The molecule has 5 nitrogen and oxygen atoms in total. The van der Waals surface area contributed by atoms with Crippen LogP contribution >= 0.6 is 0 Å². The van der Waals surface area contributed by atoms with Crippen molar-refractivity contribution >= 4 is 0 Å². The van der Waals surface area contributed by atoms with Crippen LogP contribution in [-0.4, -0.2) is 29.3 Å². The number of pyridine rings is 2. The van der Waals surface area contributed by atoms with Crippen molar-refractivity contribution in [1.29, 1.82) is 0 Å². The lowest BCUT2D eigenvalue weighted by atomic mass is 9.76. The molecule has 36 heavy (non-hydrogen) atoms. The Bertz CT molecular complexity index is 1150. The van der Waals surface area contributed by atoms with Gasteiger partial charge in [-0.05, 0) is 66.3 Å². The van der Waals surface area contributed by atoms with Gasteiger partial charge < -0.3 is 14.2 Å². The van der Waals surface area contributed by atoms with Gasteiger partial charge in [0.1, 0.15) is 0 Å². The smallest absolute Gasteiger partial charge is 0.387 e. The second-order valence-corrected chi connectivity index (χ2v) is 9.14. The van der Waals surface area contributed by atoms with Crippen molar-refractivity contribution in [2.75, 3.05) is 0 Å². The first-order chi connectivity index (χ1) is 17.5. The number of ether oxygens (including phenoxy) is 3. The molecular weight excluding hydrogens is 476 g/mol. The summed E-state index contributed by atoms with van der Waals surface area (Å²) in [5, 5.41) is 0. The minimum Gasteiger partial charge on any atom is -0.431 e. The number of hydrogen-bond acceptors (Lipinski definition) is 5. The summed E-state index contributed by atoms with van der Waals surface area (Å²) in [5.74, 6) is -0.739. The van der Waals surface area contributed by atoms with E-state index in [-0.39, 0.29) is 12.0 Å². The molecule has 0 N–H and O–H groups in total. The molecule has 1 saturated carbocycles. The standard InChI is InChI=1S/C27H26F4N2O3/c28-26(29)35-23-8-6-17(14-24(23)36-27(30)31)20(13-16-9-11-32-12-10-16)21-7-5-18(15-33-21)25-19-3-1-2-4-22(19)34-25/h5-12,14-15,19-20,22,25-27H,1-4,13H2. The fourth-order valence-electron chi connectivity index (χ4n) is 5.23.